The Morgan fingerprint density at radius 3 is 2.25 bits per heavy atom. The number of nitrogens with zero attached hydrogens (tertiary/aromatic N) is 3. The van der Waals surface area contributed by atoms with E-state index >= 15 is 0 Å². The quantitative estimate of drug-likeness (QED) is 0.775. The molecule has 2 aromatic carbocycles. The van der Waals surface area contributed by atoms with Crippen molar-refractivity contribution in [3.8, 4) is 0 Å². The monoisotopic (exact) mass is 379 g/mol. The second-order valence-corrected chi connectivity index (χ2v) is 7.51. The molecule has 0 bridgehead atoms. The molecule has 1 saturated heterocycles. The van der Waals surface area contributed by atoms with Crippen LogP contribution in [0.4, 0.5) is 0 Å². The molecule has 5 heteroatoms. The lowest BCUT2D eigenvalue weighted by Gasteiger charge is -2.35. The molecular formula is C23H29N3O2. The van der Waals surface area contributed by atoms with Gasteiger partial charge in [-0.25, -0.2) is 0 Å². The van der Waals surface area contributed by atoms with Gasteiger partial charge >= 0.3 is 0 Å². The third kappa shape index (κ3) is 5.67. The number of carbonyl (C=O) groups is 2. The Hall–Kier alpha value is -2.66. The van der Waals surface area contributed by atoms with Crippen LogP contribution in [0.25, 0.3) is 0 Å². The lowest BCUT2D eigenvalue weighted by molar-refractivity contribution is -0.141. The van der Waals surface area contributed by atoms with Gasteiger partial charge in [-0.1, -0.05) is 60.2 Å². The molecule has 2 amide bonds. The van der Waals surface area contributed by atoms with Gasteiger partial charge in [-0.15, -0.1) is 0 Å². The smallest absolute Gasteiger partial charge is 0.242 e. The van der Waals surface area contributed by atoms with E-state index in [1.807, 2.05) is 36.1 Å². The zero-order valence-corrected chi connectivity index (χ0v) is 16.8. The van der Waals surface area contributed by atoms with Gasteiger partial charge in [-0.3, -0.25) is 14.5 Å². The summed E-state index contributed by atoms with van der Waals surface area (Å²) in [5.74, 6) is -0.0419. The molecule has 1 aliphatic heterocycles. The topological polar surface area (TPSA) is 43.9 Å². The largest absolute Gasteiger partial charge is 0.339 e. The number of amides is 2. The molecule has 1 heterocycles. The van der Waals surface area contributed by atoms with E-state index < -0.39 is 0 Å². The fourth-order valence-electron chi connectivity index (χ4n) is 3.57. The summed E-state index contributed by atoms with van der Waals surface area (Å²) in [6.07, 6.45) is 0. The van der Waals surface area contributed by atoms with Gasteiger partial charge in [0.1, 0.15) is 6.54 Å². The van der Waals surface area contributed by atoms with Crippen LogP contribution in [-0.4, -0.2) is 59.2 Å². The Kier molecular flexibility index (Phi) is 6.82. The van der Waals surface area contributed by atoms with Crippen molar-refractivity contribution in [2.24, 2.45) is 0 Å². The summed E-state index contributed by atoms with van der Waals surface area (Å²) in [5.41, 5.74) is 3.50. The molecule has 0 radical (unpaired) electrons. The van der Waals surface area contributed by atoms with Gasteiger partial charge in [0.25, 0.3) is 0 Å². The van der Waals surface area contributed by atoms with Gasteiger partial charge in [0.05, 0.1) is 0 Å². The summed E-state index contributed by atoms with van der Waals surface area (Å²) < 4.78 is 0. The van der Waals surface area contributed by atoms with Crippen LogP contribution in [0, 0.1) is 6.92 Å². The molecule has 0 spiro atoms. The number of benzene rings is 2. The van der Waals surface area contributed by atoms with Crippen LogP contribution in [0.15, 0.2) is 54.6 Å². The van der Waals surface area contributed by atoms with Crippen molar-refractivity contribution >= 4 is 11.8 Å². The zero-order chi connectivity index (χ0) is 19.9. The van der Waals surface area contributed by atoms with Gasteiger partial charge in [0, 0.05) is 46.2 Å². The van der Waals surface area contributed by atoms with Crippen LogP contribution < -0.4 is 0 Å². The second kappa shape index (κ2) is 9.51. The fraction of sp³-hybridized carbons (Fsp3) is 0.391. The van der Waals surface area contributed by atoms with Crippen LogP contribution in [0.1, 0.15) is 23.6 Å². The Labute approximate surface area is 167 Å². The lowest BCUT2D eigenvalue weighted by atomic mass is 10.1. The maximum atomic E-state index is 12.7. The van der Waals surface area contributed by atoms with Gasteiger partial charge in [-0.2, -0.15) is 0 Å². The molecule has 0 N–H and O–H groups in total. The molecule has 0 aliphatic carbocycles. The maximum absolute atomic E-state index is 12.7. The van der Waals surface area contributed by atoms with E-state index in [1.165, 1.54) is 12.5 Å². The van der Waals surface area contributed by atoms with Crippen LogP contribution in [0.5, 0.6) is 0 Å². The predicted molar refractivity (Wildman–Crippen MR) is 111 cm³/mol. The molecule has 0 aromatic heterocycles. The number of hydrogen-bond acceptors (Lipinski definition) is 3. The maximum Gasteiger partial charge on any atom is 0.242 e. The third-order valence-electron chi connectivity index (χ3n) is 5.20. The highest BCUT2D eigenvalue weighted by molar-refractivity contribution is 5.84. The van der Waals surface area contributed by atoms with Crippen LogP contribution in [-0.2, 0) is 22.7 Å². The summed E-state index contributed by atoms with van der Waals surface area (Å²) in [7, 11) is 0. The van der Waals surface area contributed by atoms with E-state index in [9.17, 15) is 9.59 Å². The number of hydrogen-bond donors (Lipinski definition) is 0. The first-order chi connectivity index (χ1) is 13.5. The average Bonchev–Trinajstić information content (AvgIpc) is 2.69. The molecule has 1 fully saturated rings. The molecule has 0 unspecified atom stereocenters. The van der Waals surface area contributed by atoms with Crippen LogP contribution >= 0.6 is 0 Å². The van der Waals surface area contributed by atoms with E-state index in [2.05, 4.69) is 35.2 Å². The number of aryl methyl sites for hydroxylation is 1. The molecular weight excluding hydrogens is 350 g/mol. The highest BCUT2D eigenvalue weighted by Crippen LogP contribution is 2.11. The minimum Gasteiger partial charge on any atom is -0.339 e. The SMILES string of the molecule is CC(=O)N(CC(=O)N1CCN(Cc2ccccc2)CC1)Cc1cccc(C)c1. The van der Waals surface area contributed by atoms with Crippen LogP contribution in [0.2, 0.25) is 0 Å². The first kappa shape index (κ1) is 20.1. The van der Waals surface area contributed by atoms with E-state index in [1.54, 1.807) is 4.90 Å². The summed E-state index contributed by atoms with van der Waals surface area (Å²) in [6.45, 7) is 8.22. The normalized spacial score (nSPS) is 14.7. The van der Waals surface area contributed by atoms with Gasteiger partial charge < -0.3 is 9.80 Å². The highest BCUT2D eigenvalue weighted by atomic mass is 16.2. The number of carbonyl (C=O) groups excluding carboxylic acids is 2. The van der Waals surface area contributed by atoms with Gasteiger partial charge in [-0.05, 0) is 18.1 Å². The Morgan fingerprint density at radius 1 is 0.929 bits per heavy atom. The summed E-state index contributed by atoms with van der Waals surface area (Å²) in [5, 5.41) is 0. The number of rotatable bonds is 6. The van der Waals surface area contributed by atoms with Crippen molar-refractivity contribution in [1.82, 2.24) is 14.7 Å². The van der Waals surface area contributed by atoms with E-state index in [0.717, 1.165) is 30.8 Å². The zero-order valence-electron chi connectivity index (χ0n) is 16.8. The standard InChI is InChI=1S/C23H29N3O2/c1-19-7-6-10-22(15-19)17-26(20(2)27)18-23(28)25-13-11-24(12-14-25)16-21-8-4-3-5-9-21/h3-10,15H,11-14,16-18H2,1-2H3. The van der Waals surface area contributed by atoms with Crippen molar-refractivity contribution in [2.45, 2.75) is 26.9 Å². The van der Waals surface area contributed by atoms with Crippen molar-refractivity contribution in [3.63, 3.8) is 0 Å². The van der Waals surface area contributed by atoms with Crippen molar-refractivity contribution in [3.05, 3.63) is 71.3 Å². The van der Waals surface area contributed by atoms with Crippen LogP contribution in [0.3, 0.4) is 0 Å². The molecule has 28 heavy (non-hydrogen) atoms. The highest BCUT2D eigenvalue weighted by Gasteiger charge is 2.23. The summed E-state index contributed by atoms with van der Waals surface area (Å²) in [6, 6.07) is 18.5. The molecule has 148 valence electrons. The molecule has 5 nitrogen and oxygen atoms in total. The molecule has 0 saturated carbocycles. The first-order valence-corrected chi connectivity index (χ1v) is 9.86. The third-order valence-corrected chi connectivity index (χ3v) is 5.20. The van der Waals surface area contributed by atoms with E-state index in [0.29, 0.717) is 19.6 Å². The first-order valence-electron chi connectivity index (χ1n) is 9.86. The Balaban J connectivity index is 1.51. The van der Waals surface area contributed by atoms with E-state index in [-0.39, 0.29) is 18.4 Å². The van der Waals surface area contributed by atoms with Gasteiger partial charge in [0.15, 0.2) is 0 Å². The molecule has 1 aliphatic rings. The average molecular weight is 380 g/mol. The fourth-order valence-corrected chi connectivity index (χ4v) is 3.57. The van der Waals surface area contributed by atoms with Crippen molar-refractivity contribution in [1.29, 1.82) is 0 Å². The second-order valence-electron chi connectivity index (χ2n) is 7.51. The van der Waals surface area contributed by atoms with Gasteiger partial charge in [0.2, 0.25) is 11.8 Å². The summed E-state index contributed by atoms with van der Waals surface area (Å²) >= 11 is 0. The lowest BCUT2D eigenvalue weighted by Crippen LogP contribution is -2.51. The van der Waals surface area contributed by atoms with Crippen molar-refractivity contribution < 1.29 is 9.59 Å². The Bertz CT molecular complexity index is 799. The van der Waals surface area contributed by atoms with E-state index in [4.69, 9.17) is 0 Å². The molecule has 3 rings (SSSR count). The molecule has 0 atom stereocenters. The predicted octanol–water partition coefficient (Wildman–Crippen LogP) is 2.69. The minimum absolute atomic E-state index is 0.0298. The van der Waals surface area contributed by atoms with Crippen molar-refractivity contribution in [2.75, 3.05) is 32.7 Å². The molecule has 2 aromatic rings. The summed E-state index contributed by atoms with van der Waals surface area (Å²) in [4.78, 5) is 30.7. The Morgan fingerprint density at radius 2 is 1.61 bits per heavy atom. The number of piperazine rings is 1. The minimum atomic E-state index is -0.0717.